The molecular weight excluding hydrogens is 382 g/mol. The van der Waals surface area contributed by atoms with Crippen LogP contribution in [-0.4, -0.2) is 7.11 Å². The van der Waals surface area contributed by atoms with Gasteiger partial charge in [-0.1, -0.05) is 37.9 Å². The lowest BCUT2D eigenvalue weighted by atomic mass is 10.0. The Morgan fingerprint density at radius 2 is 1.84 bits per heavy atom. The van der Waals surface area contributed by atoms with Crippen LogP contribution in [0.3, 0.4) is 0 Å². The maximum Gasteiger partial charge on any atom is 0.131 e. The highest BCUT2D eigenvalue weighted by atomic mass is 79.9. The van der Waals surface area contributed by atoms with Gasteiger partial charge in [0.05, 0.1) is 11.9 Å². The maximum absolute atomic E-state index is 14.0. The molecule has 100 valence electrons. The predicted octanol–water partition coefficient (Wildman–Crippen LogP) is 5.22. The van der Waals surface area contributed by atoms with Crippen LogP contribution < -0.4 is 4.74 Å². The molecule has 0 heterocycles. The highest BCUT2D eigenvalue weighted by molar-refractivity contribution is 9.10. The highest BCUT2D eigenvalue weighted by Crippen LogP contribution is 2.35. The van der Waals surface area contributed by atoms with Gasteiger partial charge >= 0.3 is 0 Å². The number of methoxy groups -OCH3 is 1. The van der Waals surface area contributed by atoms with Gasteiger partial charge in [-0.15, -0.1) is 0 Å². The smallest absolute Gasteiger partial charge is 0.131 e. The van der Waals surface area contributed by atoms with Gasteiger partial charge in [-0.3, -0.25) is 0 Å². The summed E-state index contributed by atoms with van der Waals surface area (Å²) in [5.74, 6) is -0.328. The molecule has 0 saturated carbocycles. The summed E-state index contributed by atoms with van der Waals surface area (Å²) in [5.41, 5.74) is 1.06. The molecule has 0 amide bonds. The van der Waals surface area contributed by atoms with Crippen molar-refractivity contribution >= 4 is 31.9 Å². The van der Waals surface area contributed by atoms with E-state index in [4.69, 9.17) is 4.74 Å². The summed E-state index contributed by atoms with van der Waals surface area (Å²) in [6.07, 6.45) is 0. The van der Waals surface area contributed by atoms with Crippen molar-refractivity contribution in [1.29, 1.82) is 0 Å². The Bertz CT molecular complexity index is 582. The zero-order chi connectivity index (χ0) is 14.0. The molecule has 0 saturated heterocycles. The lowest BCUT2D eigenvalue weighted by Crippen LogP contribution is -1.98. The molecule has 2 rings (SSSR count). The van der Waals surface area contributed by atoms with Crippen LogP contribution in [0.25, 0.3) is 0 Å². The standard InChI is InChI=1S/C14H10Br2F2O/c1-19-11-2-3-12(13(18)7-11)14(16)8-4-9(15)6-10(17)5-8/h2-7,14H,1H3. The molecular formula is C14H10Br2F2O. The number of hydrogen-bond acceptors (Lipinski definition) is 1. The summed E-state index contributed by atoms with van der Waals surface area (Å²) in [4.78, 5) is -0.426. The fourth-order valence-corrected chi connectivity index (χ4v) is 2.86. The topological polar surface area (TPSA) is 9.23 Å². The van der Waals surface area contributed by atoms with Gasteiger partial charge in [-0.2, -0.15) is 0 Å². The van der Waals surface area contributed by atoms with Crippen molar-refractivity contribution in [2.45, 2.75) is 4.83 Å². The third kappa shape index (κ3) is 3.34. The average molecular weight is 392 g/mol. The quantitative estimate of drug-likeness (QED) is 0.651. The van der Waals surface area contributed by atoms with Gasteiger partial charge < -0.3 is 4.74 Å². The van der Waals surface area contributed by atoms with Gasteiger partial charge in [0.25, 0.3) is 0 Å². The SMILES string of the molecule is COc1ccc(C(Br)c2cc(F)cc(Br)c2)c(F)c1. The van der Waals surface area contributed by atoms with E-state index in [1.54, 1.807) is 18.2 Å². The van der Waals surface area contributed by atoms with Gasteiger partial charge in [0, 0.05) is 16.1 Å². The number of alkyl halides is 1. The van der Waals surface area contributed by atoms with Crippen molar-refractivity contribution in [2.24, 2.45) is 0 Å². The minimum Gasteiger partial charge on any atom is -0.497 e. The van der Waals surface area contributed by atoms with E-state index in [0.29, 0.717) is 21.3 Å². The molecule has 0 aromatic heterocycles. The molecule has 0 N–H and O–H groups in total. The monoisotopic (exact) mass is 390 g/mol. The third-order valence-corrected chi connectivity index (χ3v) is 4.14. The molecule has 0 bridgehead atoms. The van der Waals surface area contributed by atoms with Crippen LogP contribution in [-0.2, 0) is 0 Å². The minimum atomic E-state index is -0.426. The number of rotatable bonds is 3. The number of benzene rings is 2. The summed E-state index contributed by atoms with van der Waals surface area (Å²) in [6.45, 7) is 0. The normalized spacial score (nSPS) is 12.3. The highest BCUT2D eigenvalue weighted by Gasteiger charge is 2.16. The molecule has 0 aliphatic carbocycles. The second kappa shape index (κ2) is 6.01. The van der Waals surface area contributed by atoms with Crippen molar-refractivity contribution < 1.29 is 13.5 Å². The average Bonchev–Trinajstić information content (AvgIpc) is 2.36. The molecule has 2 aromatic carbocycles. The van der Waals surface area contributed by atoms with Crippen LogP contribution in [0.5, 0.6) is 5.75 Å². The summed E-state index contributed by atoms with van der Waals surface area (Å²) < 4.78 is 32.9. The van der Waals surface area contributed by atoms with Crippen molar-refractivity contribution in [3.05, 3.63) is 63.6 Å². The van der Waals surface area contributed by atoms with Crippen LogP contribution in [0.15, 0.2) is 40.9 Å². The molecule has 1 atom stereocenters. The number of hydrogen-bond donors (Lipinski definition) is 0. The van der Waals surface area contributed by atoms with Crippen LogP contribution in [0.1, 0.15) is 16.0 Å². The lowest BCUT2D eigenvalue weighted by Gasteiger charge is -2.13. The van der Waals surface area contributed by atoms with E-state index in [1.807, 2.05) is 0 Å². The van der Waals surface area contributed by atoms with E-state index in [1.165, 1.54) is 25.3 Å². The molecule has 0 fully saturated rings. The van der Waals surface area contributed by atoms with Gasteiger partial charge in [0.1, 0.15) is 17.4 Å². The van der Waals surface area contributed by atoms with Gasteiger partial charge in [0.2, 0.25) is 0 Å². The van der Waals surface area contributed by atoms with Gasteiger partial charge in [-0.05, 0) is 29.8 Å². The predicted molar refractivity (Wildman–Crippen MR) is 77.8 cm³/mol. The fraction of sp³-hybridized carbons (Fsp3) is 0.143. The van der Waals surface area contributed by atoms with Crippen LogP contribution in [0, 0.1) is 11.6 Å². The number of halogens is 4. The zero-order valence-electron chi connectivity index (χ0n) is 9.96. The zero-order valence-corrected chi connectivity index (χ0v) is 13.1. The van der Waals surface area contributed by atoms with Gasteiger partial charge in [-0.25, -0.2) is 8.78 Å². The second-order valence-corrected chi connectivity index (χ2v) is 5.78. The summed E-state index contributed by atoms with van der Waals surface area (Å²) in [6, 6.07) is 9.05. The molecule has 5 heteroatoms. The fourth-order valence-electron chi connectivity index (χ4n) is 1.74. The first-order valence-electron chi connectivity index (χ1n) is 5.44. The van der Waals surface area contributed by atoms with E-state index >= 15 is 0 Å². The minimum absolute atomic E-state index is 0.372. The Kier molecular flexibility index (Phi) is 4.58. The summed E-state index contributed by atoms with van der Waals surface area (Å²) >= 11 is 6.61. The molecule has 0 radical (unpaired) electrons. The lowest BCUT2D eigenvalue weighted by molar-refractivity contribution is 0.411. The molecule has 1 unspecified atom stereocenters. The Morgan fingerprint density at radius 1 is 1.11 bits per heavy atom. The van der Waals surface area contributed by atoms with Crippen LogP contribution in [0.4, 0.5) is 8.78 Å². The number of ether oxygens (including phenoxy) is 1. The Hall–Kier alpha value is -0.940. The molecule has 0 aliphatic heterocycles. The molecule has 2 aromatic rings. The molecule has 0 aliphatic rings. The summed E-state index contributed by atoms with van der Waals surface area (Å²) in [5, 5.41) is 0. The largest absolute Gasteiger partial charge is 0.497 e. The maximum atomic E-state index is 14.0. The van der Waals surface area contributed by atoms with Crippen molar-refractivity contribution in [1.82, 2.24) is 0 Å². The van der Waals surface area contributed by atoms with Crippen LogP contribution in [0.2, 0.25) is 0 Å². The first-order valence-corrected chi connectivity index (χ1v) is 7.15. The molecule has 19 heavy (non-hydrogen) atoms. The van der Waals surface area contributed by atoms with E-state index < -0.39 is 10.6 Å². The van der Waals surface area contributed by atoms with E-state index in [-0.39, 0.29) is 5.82 Å². The van der Waals surface area contributed by atoms with E-state index in [0.717, 1.165) is 0 Å². The second-order valence-electron chi connectivity index (χ2n) is 3.95. The first-order chi connectivity index (χ1) is 9.01. The van der Waals surface area contributed by atoms with E-state index in [9.17, 15) is 8.78 Å². The van der Waals surface area contributed by atoms with Crippen molar-refractivity contribution in [2.75, 3.05) is 7.11 Å². The van der Waals surface area contributed by atoms with Gasteiger partial charge in [0.15, 0.2) is 0 Å². The van der Waals surface area contributed by atoms with Crippen molar-refractivity contribution in [3.8, 4) is 5.75 Å². The van der Waals surface area contributed by atoms with Crippen LogP contribution >= 0.6 is 31.9 Å². The summed E-state index contributed by atoms with van der Waals surface area (Å²) in [7, 11) is 1.48. The molecule has 1 nitrogen and oxygen atoms in total. The third-order valence-electron chi connectivity index (χ3n) is 2.66. The molecule has 0 spiro atoms. The Morgan fingerprint density at radius 3 is 2.42 bits per heavy atom. The first kappa shape index (κ1) is 14.5. The Labute approximate surface area is 126 Å². The van der Waals surface area contributed by atoms with Crippen molar-refractivity contribution in [3.63, 3.8) is 0 Å². The Balaban J connectivity index is 2.40. The van der Waals surface area contributed by atoms with E-state index in [2.05, 4.69) is 31.9 Å².